The van der Waals surface area contributed by atoms with Gasteiger partial charge in [-0.3, -0.25) is 0 Å². The first-order valence-electron chi connectivity index (χ1n) is 5.99. The molecule has 1 heterocycles. The molecule has 3 heteroatoms. The normalized spacial score (nSPS) is 17.5. The molecule has 1 aliphatic carbocycles. The van der Waals surface area contributed by atoms with Gasteiger partial charge in [-0.25, -0.2) is 4.98 Å². The summed E-state index contributed by atoms with van der Waals surface area (Å²) in [6.07, 6.45) is 7.48. The number of rotatable bonds is 4. The Morgan fingerprint density at radius 3 is 2.73 bits per heavy atom. The highest BCUT2D eigenvalue weighted by atomic mass is 15.1. The number of nitrogens with one attached hydrogen (secondary N) is 1. The van der Waals surface area contributed by atoms with Crippen LogP contribution < -0.4 is 5.32 Å². The molecule has 1 saturated carbocycles. The molecule has 0 bridgehead atoms. The molecule has 1 N–H and O–H groups in total. The summed E-state index contributed by atoms with van der Waals surface area (Å²) in [7, 11) is 0. The highest BCUT2D eigenvalue weighted by molar-refractivity contribution is 5.08. The average molecular weight is 207 g/mol. The number of hydrogen-bond donors (Lipinski definition) is 1. The van der Waals surface area contributed by atoms with Crippen molar-refractivity contribution in [3.8, 4) is 0 Å². The highest BCUT2D eigenvalue weighted by Gasteiger charge is 2.13. The van der Waals surface area contributed by atoms with Crippen molar-refractivity contribution in [2.24, 2.45) is 0 Å². The second-order valence-corrected chi connectivity index (χ2v) is 4.54. The van der Waals surface area contributed by atoms with E-state index in [0.29, 0.717) is 0 Å². The van der Waals surface area contributed by atoms with Gasteiger partial charge in [0.25, 0.3) is 0 Å². The molecular formula is C12H21N3. The number of hydrogen-bond acceptors (Lipinski definition) is 2. The van der Waals surface area contributed by atoms with E-state index in [1.165, 1.54) is 31.4 Å². The van der Waals surface area contributed by atoms with Crippen molar-refractivity contribution in [2.75, 3.05) is 6.54 Å². The lowest BCUT2D eigenvalue weighted by Gasteiger charge is -2.12. The van der Waals surface area contributed by atoms with E-state index < -0.39 is 0 Å². The zero-order chi connectivity index (χ0) is 10.7. The van der Waals surface area contributed by atoms with Crippen LogP contribution in [0.15, 0.2) is 6.33 Å². The molecule has 0 saturated heterocycles. The maximum atomic E-state index is 4.30. The molecule has 2 rings (SSSR count). The molecule has 0 aliphatic heterocycles. The second kappa shape index (κ2) is 4.79. The van der Waals surface area contributed by atoms with Gasteiger partial charge >= 0.3 is 0 Å². The molecule has 0 radical (unpaired) electrons. The lowest BCUT2D eigenvalue weighted by atomic mass is 10.2. The third-order valence-electron chi connectivity index (χ3n) is 3.49. The Bertz CT molecular complexity index is 311. The van der Waals surface area contributed by atoms with Crippen molar-refractivity contribution in [1.29, 1.82) is 0 Å². The Balaban J connectivity index is 1.75. The van der Waals surface area contributed by atoms with Gasteiger partial charge < -0.3 is 9.88 Å². The number of aryl methyl sites for hydroxylation is 1. The molecule has 15 heavy (non-hydrogen) atoms. The van der Waals surface area contributed by atoms with Crippen LogP contribution in [-0.4, -0.2) is 22.1 Å². The molecular weight excluding hydrogens is 186 g/mol. The van der Waals surface area contributed by atoms with Crippen LogP contribution in [0, 0.1) is 13.8 Å². The zero-order valence-corrected chi connectivity index (χ0v) is 9.79. The van der Waals surface area contributed by atoms with Crippen LogP contribution in [0.1, 0.15) is 37.1 Å². The Morgan fingerprint density at radius 2 is 2.13 bits per heavy atom. The van der Waals surface area contributed by atoms with Crippen molar-refractivity contribution < 1.29 is 0 Å². The van der Waals surface area contributed by atoms with E-state index in [1.807, 2.05) is 6.33 Å². The predicted molar refractivity (Wildman–Crippen MR) is 62.0 cm³/mol. The largest absolute Gasteiger partial charge is 0.333 e. The first-order valence-corrected chi connectivity index (χ1v) is 5.99. The van der Waals surface area contributed by atoms with Crippen molar-refractivity contribution in [3.05, 3.63) is 17.7 Å². The fourth-order valence-electron chi connectivity index (χ4n) is 2.29. The number of imidazole rings is 1. The molecule has 1 aliphatic rings. The molecule has 0 aromatic carbocycles. The van der Waals surface area contributed by atoms with Crippen molar-refractivity contribution >= 4 is 0 Å². The van der Waals surface area contributed by atoms with Crippen molar-refractivity contribution in [1.82, 2.24) is 14.9 Å². The summed E-state index contributed by atoms with van der Waals surface area (Å²) in [5.74, 6) is 0. The van der Waals surface area contributed by atoms with Crippen LogP contribution in [0.3, 0.4) is 0 Å². The fraction of sp³-hybridized carbons (Fsp3) is 0.750. The van der Waals surface area contributed by atoms with E-state index in [0.717, 1.165) is 24.8 Å². The maximum absolute atomic E-state index is 4.30. The molecule has 84 valence electrons. The summed E-state index contributed by atoms with van der Waals surface area (Å²) in [6.45, 7) is 6.32. The van der Waals surface area contributed by atoms with Gasteiger partial charge in [-0.2, -0.15) is 0 Å². The van der Waals surface area contributed by atoms with E-state index in [1.54, 1.807) is 0 Å². The van der Waals surface area contributed by atoms with E-state index in [2.05, 4.69) is 28.7 Å². The van der Waals surface area contributed by atoms with E-state index >= 15 is 0 Å². The summed E-state index contributed by atoms with van der Waals surface area (Å²) in [4.78, 5) is 4.30. The molecule has 3 nitrogen and oxygen atoms in total. The minimum absolute atomic E-state index is 0.773. The molecule has 0 atom stereocenters. The predicted octanol–water partition coefficient (Wildman–Crippen LogP) is 2.03. The standard InChI is InChI=1S/C12H21N3/c1-10-11(2)15(9-14-10)8-7-13-12-5-3-4-6-12/h9,12-13H,3-8H2,1-2H3. The zero-order valence-electron chi connectivity index (χ0n) is 9.79. The summed E-state index contributed by atoms with van der Waals surface area (Å²) < 4.78 is 2.23. The lowest BCUT2D eigenvalue weighted by Crippen LogP contribution is -2.29. The van der Waals surface area contributed by atoms with Gasteiger partial charge in [-0.1, -0.05) is 12.8 Å². The van der Waals surface area contributed by atoms with Crippen LogP contribution in [0.4, 0.5) is 0 Å². The minimum atomic E-state index is 0.773. The lowest BCUT2D eigenvalue weighted by molar-refractivity contribution is 0.494. The van der Waals surface area contributed by atoms with Crippen LogP contribution in [-0.2, 0) is 6.54 Å². The summed E-state index contributed by atoms with van der Waals surface area (Å²) in [5.41, 5.74) is 2.44. The first kappa shape index (κ1) is 10.7. The van der Waals surface area contributed by atoms with Gasteiger partial charge in [0.1, 0.15) is 0 Å². The third-order valence-corrected chi connectivity index (χ3v) is 3.49. The molecule has 0 spiro atoms. The summed E-state index contributed by atoms with van der Waals surface area (Å²) in [5, 5.41) is 3.62. The van der Waals surface area contributed by atoms with Crippen LogP contribution >= 0.6 is 0 Å². The minimum Gasteiger partial charge on any atom is -0.333 e. The molecule has 1 fully saturated rings. The van der Waals surface area contributed by atoms with Crippen LogP contribution in [0.2, 0.25) is 0 Å². The molecule has 0 unspecified atom stereocenters. The SMILES string of the molecule is Cc1ncn(CCNC2CCCC2)c1C. The monoisotopic (exact) mass is 207 g/mol. The molecule has 1 aromatic rings. The van der Waals surface area contributed by atoms with Gasteiger partial charge in [-0.05, 0) is 26.7 Å². The topological polar surface area (TPSA) is 29.9 Å². The van der Waals surface area contributed by atoms with E-state index in [9.17, 15) is 0 Å². The smallest absolute Gasteiger partial charge is 0.0951 e. The Hall–Kier alpha value is -0.830. The van der Waals surface area contributed by atoms with E-state index in [-0.39, 0.29) is 0 Å². The number of nitrogens with zero attached hydrogens (tertiary/aromatic N) is 2. The van der Waals surface area contributed by atoms with Gasteiger partial charge in [0.2, 0.25) is 0 Å². The quantitative estimate of drug-likeness (QED) is 0.818. The Morgan fingerprint density at radius 1 is 1.40 bits per heavy atom. The van der Waals surface area contributed by atoms with Crippen molar-refractivity contribution in [3.63, 3.8) is 0 Å². The van der Waals surface area contributed by atoms with Gasteiger partial charge in [-0.15, -0.1) is 0 Å². The highest BCUT2D eigenvalue weighted by Crippen LogP contribution is 2.17. The van der Waals surface area contributed by atoms with E-state index in [4.69, 9.17) is 0 Å². The molecule has 1 aromatic heterocycles. The van der Waals surface area contributed by atoms with Crippen molar-refractivity contribution in [2.45, 2.75) is 52.1 Å². The molecule has 0 amide bonds. The summed E-state index contributed by atoms with van der Waals surface area (Å²) in [6, 6.07) is 0.773. The van der Waals surface area contributed by atoms with Crippen LogP contribution in [0.25, 0.3) is 0 Å². The third kappa shape index (κ3) is 2.59. The van der Waals surface area contributed by atoms with Gasteiger partial charge in [0.05, 0.1) is 12.0 Å². The maximum Gasteiger partial charge on any atom is 0.0951 e. The Labute approximate surface area is 91.9 Å². The average Bonchev–Trinajstić information content (AvgIpc) is 2.83. The Kier molecular flexibility index (Phi) is 3.41. The van der Waals surface area contributed by atoms with Gasteiger partial charge in [0, 0.05) is 24.8 Å². The first-order chi connectivity index (χ1) is 7.27. The number of aromatic nitrogens is 2. The second-order valence-electron chi connectivity index (χ2n) is 4.54. The van der Waals surface area contributed by atoms with Crippen LogP contribution in [0.5, 0.6) is 0 Å². The fourth-order valence-corrected chi connectivity index (χ4v) is 2.29. The summed E-state index contributed by atoms with van der Waals surface area (Å²) >= 11 is 0. The van der Waals surface area contributed by atoms with Gasteiger partial charge in [0.15, 0.2) is 0 Å².